The Kier molecular flexibility index (Phi) is 5.36. The summed E-state index contributed by atoms with van der Waals surface area (Å²) in [7, 11) is 0. The van der Waals surface area contributed by atoms with Crippen LogP contribution in [-0.4, -0.2) is 37.3 Å². The maximum atomic E-state index is 12.4. The van der Waals surface area contributed by atoms with Gasteiger partial charge in [0.1, 0.15) is 6.61 Å². The van der Waals surface area contributed by atoms with Gasteiger partial charge in [0.2, 0.25) is 0 Å². The van der Waals surface area contributed by atoms with E-state index in [0.29, 0.717) is 11.5 Å². The average Bonchev–Trinajstić information content (AvgIpc) is 2.68. The zero-order valence-corrected chi connectivity index (χ0v) is 13.9. The molecule has 2 aliphatic heterocycles. The number of rotatable bonds is 4. The number of carbonyl (C=O) groups excluding carboxylic acids is 1. The smallest absolute Gasteiger partial charge is 0.290 e. The number of nitrogens with one attached hydrogen (secondary N) is 1. The highest BCUT2D eigenvalue weighted by molar-refractivity contribution is 6.04. The molecule has 1 aromatic rings. The van der Waals surface area contributed by atoms with E-state index in [1.165, 1.54) is 6.08 Å². The lowest BCUT2D eigenvalue weighted by Gasteiger charge is -2.34. The van der Waals surface area contributed by atoms with Crippen molar-refractivity contribution in [1.29, 1.82) is 5.26 Å². The van der Waals surface area contributed by atoms with Crippen LogP contribution in [0.15, 0.2) is 47.7 Å². The number of allylic oxidation sites excluding steroid dienone is 2. The van der Waals surface area contributed by atoms with E-state index in [0.717, 1.165) is 37.3 Å². The van der Waals surface area contributed by atoms with Gasteiger partial charge in [-0.2, -0.15) is 5.26 Å². The standard InChI is InChI=1S/C19H21N3O3/c20-11-15-5-6-18(25-13-15)19(24)21-16-3-1-2-4-17(16)22-9-7-14(12-23)8-10-22/h1-6,14,23H,7-10,12-13H2,(H,21,24). The number of para-hydroxylation sites is 2. The minimum Gasteiger partial charge on any atom is -0.482 e. The van der Waals surface area contributed by atoms with Gasteiger partial charge in [-0.25, -0.2) is 0 Å². The maximum absolute atomic E-state index is 12.4. The summed E-state index contributed by atoms with van der Waals surface area (Å²) in [6.45, 7) is 2.05. The Balaban J connectivity index is 1.72. The van der Waals surface area contributed by atoms with Crippen molar-refractivity contribution in [1.82, 2.24) is 0 Å². The number of nitriles is 1. The Bertz CT molecular complexity index is 741. The first-order chi connectivity index (χ1) is 12.2. The summed E-state index contributed by atoms with van der Waals surface area (Å²) in [5, 5.41) is 21.0. The summed E-state index contributed by atoms with van der Waals surface area (Å²) in [4.78, 5) is 14.7. The van der Waals surface area contributed by atoms with Crippen LogP contribution in [0.3, 0.4) is 0 Å². The van der Waals surface area contributed by atoms with E-state index < -0.39 is 0 Å². The Labute approximate surface area is 147 Å². The molecule has 0 radical (unpaired) electrons. The molecule has 0 unspecified atom stereocenters. The van der Waals surface area contributed by atoms with Crippen LogP contribution < -0.4 is 10.2 Å². The van der Waals surface area contributed by atoms with Crippen LogP contribution in [0, 0.1) is 17.2 Å². The Morgan fingerprint density at radius 2 is 2.08 bits per heavy atom. The molecule has 1 aromatic carbocycles. The number of piperidine rings is 1. The van der Waals surface area contributed by atoms with Gasteiger partial charge in [-0.1, -0.05) is 12.1 Å². The molecule has 2 aliphatic rings. The van der Waals surface area contributed by atoms with Crippen molar-refractivity contribution in [2.24, 2.45) is 5.92 Å². The molecular formula is C19H21N3O3. The largest absolute Gasteiger partial charge is 0.482 e. The molecular weight excluding hydrogens is 318 g/mol. The molecule has 0 aromatic heterocycles. The summed E-state index contributed by atoms with van der Waals surface area (Å²) < 4.78 is 5.35. The summed E-state index contributed by atoms with van der Waals surface area (Å²) in [5.41, 5.74) is 2.19. The monoisotopic (exact) mass is 339 g/mol. The van der Waals surface area contributed by atoms with Gasteiger partial charge >= 0.3 is 0 Å². The van der Waals surface area contributed by atoms with Crippen molar-refractivity contribution < 1.29 is 14.6 Å². The van der Waals surface area contributed by atoms with E-state index in [-0.39, 0.29) is 24.9 Å². The molecule has 0 aliphatic carbocycles. The lowest BCUT2D eigenvalue weighted by atomic mass is 9.97. The van der Waals surface area contributed by atoms with Crippen molar-refractivity contribution in [3.63, 3.8) is 0 Å². The number of ether oxygens (including phenoxy) is 1. The third-order valence-corrected chi connectivity index (χ3v) is 4.55. The van der Waals surface area contributed by atoms with Gasteiger partial charge in [0, 0.05) is 19.7 Å². The number of aliphatic hydroxyl groups excluding tert-OH is 1. The quantitative estimate of drug-likeness (QED) is 0.878. The van der Waals surface area contributed by atoms with Crippen LogP contribution in [0.2, 0.25) is 0 Å². The van der Waals surface area contributed by atoms with Crippen LogP contribution in [0.4, 0.5) is 11.4 Å². The minimum absolute atomic E-state index is 0.117. The fourth-order valence-corrected chi connectivity index (χ4v) is 3.03. The second-order valence-corrected chi connectivity index (χ2v) is 6.21. The van der Waals surface area contributed by atoms with Crippen LogP contribution in [-0.2, 0) is 9.53 Å². The molecule has 25 heavy (non-hydrogen) atoms. The van der Waals surface area contributed by atoms with E-state index in [1.54, 1.807) is 6.08 Å². The number of aliphatic hydroxyl groups is 1. The number of benzene rings is 1. The van der Waals surface area contributed by atoms with Crippen molar-refractivity contribution in [3.05, 3.63) is 47.7 Å². The zero-order valence-electron chi connectivity index (χ0n) is 13.9. The predicted octanol–water partition coefficient (Wildman–Crippen LogP) is 2.20. The SMILES string of the molecule is N#CC1=CC=C(C(=O)Nc2ccccc2N2CCC(CO)CC2)OC1. The molecule has 0 saturated carbocycles. The van der Waals surface area contributed by atoms with Crippen molar-refractivity contribution in [2.45, 2.75) is 12.8 Å². The molecule has 2 N–H and O–H groups in total. The molecule has 130 valence electrons. The minimum atomic E-state index is -0.328. The molecule has 3 rings (SSSR count). The Morgan fingerprint density at radius 3 is 2.72 bits per heavy atom. The molecule has 2 heterocycles. The lowest BCUT2D eigenvalue weighted by Crippen LogP contribution is -2.35. The van der Waals surface area contributed by atoms with Gasteiger partial charge in [0.25, 0.3) is 5.91 Å². The van der Waals surface area contributed by atoms with E-state index in [1.807, 2.05) is 30.3 Å². The van der Waals surface area contributed by atoms with Crippen LogP contribution in [0.1, 0.15) is 12.8 Å². The van der Waals surface area contributed by atoms with E-state index in [4.69, 9.17) is 10.00 Å². The molecule has 0 atom stereocenters. The van der Waals surface area contributed by atoms with Crippen LogP contribution >= 0.6 is 0 Å². The highest BCUT2D eigenvalue weighted by Gasteiger charge is 2.22. The molecule has 0 spiro atoms. The van der Waals surface area contributed by atoms with Crippen molar-refractivity contribution in [3.8, 4) is 6.07 Å². The van der Waals surface area contributed by atoms with Gasteiger partial charge in [-0.15, -0.1) is 0 Å². The van der Waals surface area contributed by atoms with Gasteiger partial charge in [-0.3, -0.25) is 4.79 Å². The molecule has 1 fully saturated rings. The predicted molar refractivity (Wildman–Crippen MR) is 94.8 cm³/mol. The normalized spacial score (nSPS) is 17.8. The third-order valence-electron chi connectivity index (χ3n) is 4.55. The second kappa shape index (κ2) is 7.86. The summed E-state index contributed by atoms with van der Waals surface area (Å²) in [6, 6.07) is 9.68. The highest BCUT2D eigenvalue weighted by Crippen LogP contribution is 2.30. The molecule has 0 bridgehead atoms. The third kappa shape index (κ3) is 4.01. The molecule has 6 heteroatoms. The van der Waals surface area contributed by atoms with Crippen molar-refractivity contribution in [2.75, 3.05) is 36.5 Å². The van der Waals surface area contributed by atoms with Crippen LogP contribution in [0.25, 0.3) is 0 Å². The van der Waals surface area contributed by atoms with E-state index in [2.05, 4.69) is 10.2 Å². The second-order valence-electron chi connectivity index (χ2n) is 6.21. The van der Waals surface area contributed by atoms with E-state index >= 15 is 0 Å². The Hall–Kier alpha value is -2.78. The van der Waals surface area contributed by atoms with Gasteiger partial charge in [0.05, 0.1) is 23.0 Å². The van der Waals surface area contributed by atoms with Gasteiger partial charge < -0.3 is 20.1 Å². The maximum Gasteiger partial charge on any atom is 0.290 e. The molecule has 1 saturated heterocycles. The number of anilines is 2. The summed E-state index contributed by atoms with van der Waals surface area (Å²) >= 11 is 0. The average molecular weight is 339 g/mol. The molecule has 6 nitrogen and oxygen atoms in total. The van der Waals surface area contributed by atoms with Crippen molar-refractivity contribution >= 4 is 17.3 Å². The summed E-state index contributed by atoms with van der Waals surface area (Å²) in [5.74, 6) is 0.235. The fourth-order valence-electron chi connectivity index (χ4n) is 3.03. The van der Waals surface area contributed by atoms with Gasteiger partial charge in [-0.05, 0) is 43.0 Å². The topological polar surface area (TPSA) is 85.6 Å². The number of hydrogen-bond donors (Lipinski definition) is 2. The zero-order chi connectivity index (χ0) is 17.6. The lowest BCUT2D eigenvalue weighted by molar-refractivity contribution is -0.116. The number of amides is 1. The van der Waals surface area contributed by atoms with Gasteiger partial charge in [0.15, 0.2) is 5.76 Å². The highest BCUT2D eigenvalue weighted by atomic mass is 16.5. The van der Waals surface area contributed by atoms with E-state index in [9.17, 15) is 9.90 Å². The Morgan fingerprint density at radius 1 is 1.32 bits per heavy atom. The molecule has 1 amide bonds. The first-order valence-corrected chi connectivity index (χ1v) is 8.41. The first kappa shape index (κ1) is 17.1. The number of carbonyl (C=O) groups is 1. The van der Waals surface area contributed by atoms with Crippen LogP contribution in [0.5, 0.6) is 0 Å². The number of nitrogens with zero attached hydrogens (tertiary/aromatic N) is 2. The summed E-state index contributed by atoms with van der Waals surface area (Å²) in [6.07, 6.45) is 5.00. The number of hydrogen-bond acceptors (Lipinski definition) is 5. The first-order valence-electron chi connectivity index (χ1n) is 8.41. The fraction of sp³-hybridized carbons (Fsp3) is 0.368.